The number of sulfonamides is 1. The van der Waals surface area contributed by atoms with Crippen LogP contribution in [0.5, 0.6) is 0 Å². The van der Waals surface area contributed by atoms with Gasteiger partial charge in [-0.25, -0.2) is 13.1 Å². The topological polar surface area (TPSA) is 81.4 Å². The van der Waals surface area contributed by atoms with Crippen LogP contribution in [0.2, 0.25) is 0 Å². The van der Waals surface area contributed by atoms with Crippen molar-refractivity contribution in [1.82, 2.24) is 4.72 Å². The molecule has 5 nitrogen and oxygen atoms in total. The highest BCUT2D eigenvalue weighted by atomic mass is 32.2. The Morgan fingerprint density at radius 2 is 2.12 bits per heavy atom. The van der Waals surface area contributed by atoms with E-state index in [9.17, 15) is 8.42 Å². The van der Waals surface area contributed by atoms with E-state index in [1.165, 1.54) is 0 Å². The molecule has 2 atom stereocenters. The molecule has 1 aliphatic carbocycles. The summed E-state index contributed by atoms with van der Waals surface area (Å²) in [6.07, 6.45) is 3.69. The second-order valence-electron chi connectivity index (χ2n) is 4.68. The van der Waals surface area contributed by atoms with Crippen LogP contribution in [0.3, 0.4) is 0 Å². The Morgan fingerprint density at radius 3 is 2.62 bits per heavy atom. The van der Waals surface area contributed by atoms with Crippen LogP contribution in [-0.4, -0.2) is 39.5 Å². The van der Waals surface area contributed by atoms with E-state index in [1.54, 1.807) is 0 Å². The SMILES string of the molecule is NC[C@@H](NS(=O)(=O)[C@H]1CCCOC1)C1CC1. The van der Waals surface area contributed by atoms with Gasteiger partial charge >= 0.3 is 0 Å². The maximum absolute atomic E-state index is 12.0. The minimum Gasteiger partial charge on any atom is -0.380 e. The van der Waals surface area contributed by atoms with E-state index >= 15 is 0 Å². The van der Waals surface area contributed by atoms with Gasteiger partial charge in [0, 0.05) is 19.2 Å². The first-order valence-corrected chi connectivity index (χ1v) is 7.47. The molecule has 2 fully saturated rings. The van der Waals surface area contributed by atoms with Crippen LogP contribution in [0.4, 0.5) is 0 Å². The lowest BCUT2D eigenvalue weighted by atomic mass is 10.2. The van der Waals surface area contributed by atoms with Crippen molar-refractivity contribution in [3.8, 4) is 0 Å². The fourth-order valence-electron chi connectivity index (χ4n) is 2.10. The third-order valence-electron chi connectivity index (χ3n) is 3.32. The van der Waals surface area contributed by atoms with Crippen LogP contribution in [-0.2, 0) is 14.8 Å². The zero-order chi connectivity index (χ0) is 11.6. The molecular formula is C10H20N2O3S. The summed E-state index contributed by atoms with van der Waals surface area (Å²) >= 11 is 0. The Morgan fingerprint density at radius 1 is 1.38 bits per heavy atom. The molecule has 0 aromatic rings. The highest BCUT2D eigenvalue weighted by Gasteiger charge is 2.36. The molecule has 0 bridgehead atoms. The molecule has 0 unspecified atom stereocenters. The van der Waals surface area contributed by atoms with Crippen molar-refractivity contribution in [3.05, 3.63) is 0 Å². The summed E-state index contributed by atoms with van der Waals surface area (Å²) < 4.78 is 32.0. The molecule has 1 aliphatic heterocycles. The normalized spacial score (nSPS) is 28.9. The van der Waals surface area contributed by atoms with E-state index in [0.29, 0.717) is 32.1 Å². The number of hydrogen-bond acceptors (Lipinski definition) is 4. The van der Waals surface area contributed by atoms with Crippen LogP contribution >= 0.6 is 0 Å². The van der Waals surface area contributed by atoms with Crippen LogP contribution in [0.1, 0.15) is 25.7 Å². The van der Waals surface area contributed by atoms with E-state index in [2.05, 4.69) is 4.72 Å². The number of rotatable bonds is 5. The maximum atomic E-state index is 12.0. The first-order valence-electron chi connectivity index (χ1n) is 5.92. The lowest BCUT2D eigenvalue weighted by Crippen LogP contribution is -2.47. The van der Waals surface area contributed by atoms with Crippen LogP contribution in [0.15, 0.2) is 0 Å². The molecule has 2 aliphatic rings. The van der Waals surface area contributed by atoms with Gasteiger partial charge in [-0.3, -0.25) is 0 Å². The van der Waals surface area contributed by atoms with E-state index < -0.39 is 15.3 Å². The van der Waals surface area contributed by atoms with Gasteiger partial charge in [0.25, 0.3) is 0 Å². The first-order chi connectivity index (χ1) is 7.63. The summed E-state index contributed by atoms with van der Waals surface area (Å²) in [6.45, 7) is 1.38. The minimum absolute atomic E-state index is 0.0769. The Balaban J connectivity index is 1.94. The second-order valence-corrected chi connectivity index (χ2v) is 6.67. The van der Waals surface area contributed by atoms with Gasteiger partial charge in [0.2, 0.25) is 10.0 Å². The van der Waals surface area contributed by atoms with Gasteiger partial charge in [0.15, 0.2) is 0 Å². The van der Waals surface area contributed by atoms with Gasteiger partial charge in [-0.1, -0.05) is 0 Å². The summed E-state index contributed by atoms with van der Waals surface area (Å²) in [6, 6.07) is -0.0769. The van der Waals surface area contributed by atoms with Crippen molar-refractivity contribution in [3.63, 3.8) is 0 Å². The van der Waals surface area contributed by atoms with Crippen molar-refractivity contribution in [2.45, 2.75) is 37.0 Å². The number of hydrogen-bond donors (Lipinski definition) is 2. The molecular weight excluding hydrogens is 228 g/mol. The Bertz CT molecular complexity index is 321. The van der Waals surface area contributed by atoms with Crippen molar-refractivity contribution in [1.29, 1.82) is 0 Å². The smallest absolute Gasteiger partial charge is 0.217 e. The fraction of sp³-hybridized carbons (Fsp3) is 1.00. The van der Waals surface area contributed by atoms with Crippen LogP contribution < -0.4 is 10.5 Å². The second kappa shape index (κ2) is 5.00. The Labute approximate surface area is 96.8 Å². The van der Waals surface area contributed by atoms with E-state index in [-0.39, 0.29) is 6.04 Å². The van der Waals surface area contributed by atoms with E-state index in [0.717, 1.165) is 19.3 Å². The average Bonchev–Trinajstić information content (AvgIpc) is 3.11. The van der Waals surface area contributed by atoms with Gasteiger partial charge in [-0.2, -0.15) is 0 Å². The largest absolute Gasteiger partial charge is 0.380 e. The molecule has 16 heavy (non-hydrogen) atoms. The number of nitrogens with one attached hydrogen (secondary N) is 1. The van der Waals surface area contributed by atoms with Crippen LogP contribution in [0, 0.1) is 5.92 Å². The fourth-order valence-corrected chi connectivity index (χ4v) is 3.75. The molecule has 0 radical (unpaired) electrons. The predicted molar refractivity (Wildman–Crippen MR) is 61.5 cm³/mol. The van der Waals surface area contributed by atoms with Gasteiger partial charge in [0.05, 0.1) is 11.9 Å². The number of nitrogens with two attached hydrogens (primary N) is 1. The molecule has 1 saturated carbocycles. The monoisotopic (exact) mass is 248 g/mol. The molecule has 0 amide bonds. The quantitative estimate of drug-likeness (QED) is 0.707. The molecule has 1 saturated heterocycles. The summed E-state index contributed by atoms with van der Waals surface area (Å²) in [7, 11) is -3.25. The molecule has 1 heterocycles. The van der Waals surface area contributed by atoms with Crippen molar-refractivity contribution < 1.29 is 13.2 Å². The zero-order valence-corrected chi connectivity index (χ0v) is 10.2. The van der Waals surface area contributed by atoms with Crippen LogP contribution in [0.25, 0.3) is 0 Å². The summed E-state index contributed by atoms with van der Waals surface area (Å²) in [4.78, 5) is 0. The lowest BCUT2D eigenvalue weighted by Gasteiger charge is -2.25. The zero-order valence-electron chi connectivity index (χ0n) is 9.39. The molecule has 2 rings (SSSR count). The van der Waals surface area contributed by atoms with Crippen molar-refractivity contribution >= 4 is 10.0 Å². The predicted octanol–water partition coefficient (Wildman–Crippen LogP) is -0.178. The lowest BCUT2D eigenvalue weighted by molar-refractivity contribution is 0.0987. The van der Waals surface area contributed by atoms with Gasteiger partial charge in [-0.05, 0) is 31.6 Å². The van der Waals surface area contributed by atoms with Crippen molar-refractivity contribution in [2.75, 3.05) is 19.8 Å². The molecule has 6 heteroatoms. The highest BCUT2D eigenvalue weighted by molar-refractivity contribution is 7.90. The maximum Gasteiger partial charge on any atom is 0.217 e. The average molecular weight is 248 g/mol. The molecule has 0 aromatic heterocycles. The minimum atomic E-state index is -3.25. The van der Waals surface area contributed by atoms with E-state index in [4.69, 9.17) is 10.5 Å². The summed E-state index contributed by atoms with van der Waals surface area (Å²) in [5.74, 6) is 0.448. The summed E-state index contributed by atoms with van der Waals surface area (Å²) in [5, 5.41) is -0.394. The highest BCUT2D eigenvalue weighted by Crippen LogP contribution is 2.32. The third-order valence-corrected chi connectivity index (χ3v) is 5.20. The molecule has 0 aromatic carbocycles. The Kier molecular flexibility index (Phi) is 3.84. The van der Waals surface area contributed by atoms with Gasteiger partial charge in [0.1, 0.15) is 0 Å². The van der Waals surface area contributed by atoms with Gasteiger partial charge < -0.3 is 10.5 Å². The molecule has 3 N–H and O–H groups in total. The number of ether oxygens (including phenoxy) is 1. The van der Waals surface area contributed by atoms with Gasteiger partial charge in [-0.15, -0.1) is 0 Å². The van der Waals surface area contributed by atoms with E-state index in [1.807, 2.05) is 0 Å². The Hall–Kier alpha value is -0.170. The molecule has 0 spiro atoms. The summed E-state index contributed by atoms with van der Waals surface area (Å²) in [5.41, 5.74) is 5.59. The third kappa shape index (κ3) is 2.94. The standard InChI is InChI=1S/C10H20N2O3S/c11-6-10(8-3-4-8)12-16(13,14)9-2-1-5-15-7-9/h8-10,12H,1-7,11H2/t9-,10+/m0/s1. The molecule has 94 valence electrons. The first kappa shape index (κ1) is 12.3. The van der Waals surface area contributed by atoms with Crippen molar-refractivity contribution in [2.24, 2.45) is 11.7 Å².